The molecule has 2 N–H and O–H groups in total. The summed E-state index contributed by atoms with van der Waals surface area (Å²) in [6, 6.07) is 7.01. The first-order valence-electron chi connectivity index (χ1n) is 7.98. The van der Waals surface area contributed by atoms with E-state index >= 15 is 0 Å². The Hall–Kier alpha value is -1.76. The van der Waals surface area contributed by atoms with Crippen LogP contribution in [-0.2, 0) is 9.09 Å². The largest absolute Gasteiger partial charge is 0.367 e. The van der Waals surface area contributed by atoms with E-state index in [2.05, 4.69) is 16.1 Å². The first-order chi connectivity index (χ1) is 11.1. The minimum atomic E-state index is -3.31. The van der Waals surface area contributed by atoms with E-state index in [1.165, 1.54) is 19.3 Å². The number of hydrogen-bond donors (Lipinski definition) is 2. The Labute approximate surface area is 137 Å². The van der Waals surface area contributed by atoms with Crippen molar-refractivity contribution in [3.05, 3.63) is 29.8 Å². The molecule has 1 atom stereocenters. The van der Waals surface area contributed by atoms with Gasteiger partial charge in [0.05, 0.1) is 6.61 Å². The number of anilines is 1. The van der Waals surface area contributed by atoms with E-state index in [1.807, 2.05) is 0 Å². The molecule has 1 unspecified atom stereocenters. The molecular formula is C17H23N2O3P. The van der Waals surface area contributed by atoms with Crippen LogP contribution in [0.25, 0.3) is 0 Å². The van der Waals surface area contributed by atoms with Gasteiger partial charge >= 0.3 is 7.52 Å². The summed E-state index contributed by atoms with van der Waals surface area (Å²) in [6.45, 7) is 1.99. The van der Waals surface area contributed by atoms with Crippen LogP contribution in [0.4, 0.5) is 5.69 Å². The second-order valence-corrected chi connectivity index (χ2v) is 7.44. The summed E-state index contributed by atoms with van der Waals surface area (Å²) in [5.41, 5.74) is 3.30. The van der Waals surface area contributed by atoms with Gasteiger partial charge in [-0.05, 0) is 44.0 Å². The van der Waals surface area contributed by atoms with Crippen molar-refractivity contribution in [3.8, 4) is 12.1 Å². The summed E-state index contributed by atoms with van der Waals surface area (Å²) >= 11 is 0. The smallest absolute Gasteiger partial charge is 0.349 e. The zero-order valence-electron chi connectivity index (χ0n) is 13.4. The molecular weight excluding hydrogens is 311 g/mol. The molecule has 0 radical (unpaired) electrons. The lowest BCUT2D eigenvalue weighted by Crippen LogP contribution is -2.36. The van der Waals surface area contributed by atoms with Gasteiger partial charge in [0.25, 0.3) is 5.91 Å². The number of hydrogen-bond acceptors (Lipinski definition) is 3. The summed E-state index contributed by atoms with van der Waals surface area (Å²) in [6.07, 6.45) is 11.0. The number of carbonyl (C=O) groups is 1. The molecule has 0 saturated heterocycles. The predicted molar refractivity (Wildman–Crippen MR) is 92.5 cm³/mol. The Bertz CT molecular complexity index is 616. The predicted octanol–water partition coefficient (Wildman–Crippen LogP) is 3.98. The van der Waals surface area contributed by atoms with Gasteiger partial charge in [-0.2, -0.15) is 0 Å². The van der Waals surface area contributed by atoms with E-state index in [0.717, 1.165) is 12.8 Å². The van der Waals surface area contributed by atoms with Gasteiger partial charge in [0.1, 0.15) is 0 Å². The lowest BCUT2D eigenvalue weighted by Gasteiger charge is -2.22. The van der Waals surface area contributed by atoms with Gasteiger partial charge < -0.3 is 14.9 Å². The fourth-order valence-electron chi connectivity index (χ4n) is 2.67. The van der Waals surface area contributed by atoms with Crippen LogP contribution < -0.4 is 10.4 Å². The highest BCUT2D eigenvalue weighted by molar-refractivity contribution is 7.65. The summed E-state index contributed by atoms with van der Waals surface area (Å²) in [7, 11) is -3.31. The quantitative estimate of drug-likeness (QED) is 0.610. The molecule has 124 valence electrons. The Morgan fingerprint density at radius 2 is 1.96 bits per heavy atom. The van der Waals surface area contributed by atoms with Gasteiger partial charge in [-0.15, -0.1) is 6.42 Å². The average molecular weight is 334 g/mol. The molecule has 1 saturated carbocycles. The third-order valence-electron chi connectivity index (χ3n) is 3.84. The lowest BCUT2D eigenvalue weighted by molar-refractivity contribution is 0.0927. The second-order valence-electron chi connectivity index (χ2n) is 5.60. The molecule has 0 aliphatic heterocycles. The standard InChI is InChI=1S/C17H23N2O3P/c1-3-22-23(21,4-2)19-16-12-10-14(11-13-16)17(20)18-15-8-6-5-7-9-15/h2,10-13,15H,3,5-9H2,1H3,(H,18,20)(H,19,21). The minimum absolute atomic E-state index is 0.0756. The van der Waals surface area contributed by atoms with Gasteiger partial charge in [-0.1, -0.05) is 19.3 Å². The van der Waals surface area contributed by atoms with Crippen LogP contribution in [0.3, 0.4) is 0 Å². The molecule has 1 amide bonds. The Balaban J connectivity index is 1.97. The molecule has 1 fully saturated rings. The van der Waals surface area contributed by atoms with Gasteiger partial charge in [0.2, 0.25) is 0 Å². The van der Waals surface area contributed by atoms with Crippen molar-refractivity contribution in [1.29, 1.82) is 0 Å². The lowest BCUT2D eigenvalue weighted by atomic mass is 9.95. The second kappa shape index (κ2) is 8.19. The van der Waals surface area contributed by atoms with E-state index in [4.69, 9.17) is 10.9 Å². The average Bonchev–Trinajstić information content (AvgIpc) is 2.56. The van der Waals surface area contributed by atoms with Crippen LogP contribution in [0.1, 0.15) is 49.4 Å². The van der Waals surface area contributed by atoms with Crippen LogP contribution >= 0.6 is 7.52 Å². The van der Waals surface area contributed by atoms with Gasteiger partial charge in [-0.25, -0.2) is 0 Å². The van der Waals surface area contributed by atoms with E-state index in [1.54, 1.807) is 31.2 Å². The molecule has 0 heterocycles. The monoisotopic (exact) mass is 334 g/mol. The van der Waals surface area contributed by atoms with E-state index < -0.39 is 7.52 Å². The Kier molecular flexibility index (Phi) is 6.27. The highest BCUT2D eigenvalue weighted by Gasteiger charge is 2.20. The van der Waals surface area contributed by atoms with Crippen molar-refractivity contribution in [2.75, 3.05) is 11.7 Å². The topological polar surface area (TPSA) is 67.4 Å². The molecule has 1 aliphatic carbocycles. The maximum atomic E-state index is 12.2. The summed E-state index contributed by atoms with van der Waals surface area (Å²) in [5, 5.41) is 5.78. The fraction of sp³-hybridized carbons (Fsp3) is 0.471. The highest BCUT2D eigenvalue weighted by atomic mass is 31.2. The number of rotatable bonds is 6. The van der Waals surface area contributed by atoms with Crippen molar-refractivity contribution >= 4 is 19.1 Å². The van der Waals surface area contributed by atoms with Crippen LogP contribution in [0, 0.1) is 12.1 Å². The molecule has 0 aromatic heterocycles. The van der Waals surface area contributed by atoms with Gasteiger partial charge in [0, 0.05) is 23.0 Å². The third kappa shape index (κ3) is 5.13. The number of amides is 1. The minimum Gasteiger partial charge on any atom is -0.349 e. The molecule has 1 aliphatic rings. The summed E-state index contributed by atoms with van der Waals surface area (Å²) in [5.74, 6) is -0.0756. The number of benzene rings is 1. The number of nitrogens with one attached hydrogen (secondary N) is 2. The molecule has 1 aromatic carbocycles. The molecule has 2 rings (SSSR count). The molecule has 1 aromatic rings. The maximum Gasteiger partial charge on any atom is 0.367 e. The van der Waals surface area contributed by atoms with E-state index in [9.17, 15) is 9.36 Å². The summed E-state index contributed by atoms with van der Waals surface area (Å²) in [4.78, 5) is 12.2. The first kappa shape index (κ1) is 17.6. The van der Waals surface area contributed by atoms with Gasteiger partial charge in [0.15, 0.2) is 0 Å². The Morgan fingerprint density at radius 3 is 2.52 bits per heavy atom. The van der Waals surface area contributed by atoms with Crippen LogP contribution in [0.5, 0.6) is 0 Å². The van der Waals surface area contributed by atoms with Crippen molar-refractivity contribution in [3.63, 3.8) is 0 Å². The number of terminal acetylenes is 1. The zero-order valence-corrected chi connectivity index (χ0v) is 14.3. The zero-order chi connectivity index (χ0) is 16.7. The van der Waals surface area contributed by atoms with Crippen molar-refractivity contribution in [2.24, 2.45) is 0 Å². The van der Waals surface area contributed by atoms with E-state index in [0.29, 0.717) is 11.3 Å². The fourth-order valence-corrected chi connectivity index (χ4v) is 3.72. The molecule has 0 spiro atoms. The van der Waals surface area contributed by atoms with Crippen LogP contribution in [0.15, 0.2) is 24.3 Å². The molecule has 5 nitrogen and oxygen atoms in total. The highest BCUT2D eigenvalue weighted by Crippen LogP contribution is 2.45. The maximum absolute atomic E-state index is 12.2. The van der Waals surface area contributed by atoms with Crippen molar-refractivity contribution in [1.82, 2.24) is 5.32 Å². The van der Waals surface area contributed by atoms with Crippen LogP contribution in [-0.4, -0.2) is 18.6 Å². The summed E-state index contributed by atoms with van der Waals surface area (Å²) < 4.78 is 17.3. The van der Waals surface area contributed by atoms with Crippen molar-refractivity contribution in [2.45, 2.75) is 45.1 Å². The first-order valence-corrected chi connectivity index (χ1v) is 9.60. The van der Waals surface area contributed by atoms with Crippen LogP contribution in [0.2, 0.25) is 0 Å². The van der Waals surface area contributed by atoms with E-state index in [-0.39, 0.29) is 18.6 Å². The SMILES string of the molecule is C#CP(=O)(Nc1ccc(C(=O)NC2CCCCC2)cc1)OCC. The molecule has 23 heavy (non-hydrogen) atoms. The normalized spacial score (nSPS) is 17.7. The Morgan fingerprint density at radius 1 is 1.30 bits per heavy atom. The number of carbonyl (C=O) groups excluding carboxylic acids is 1. The third-order valence-corrected chi connectivity index (χ3v) is 5.36. The van der Waals surface area contributed by atoms with Crippen molar-refractivity contribution < 1.29 is 13.9 Å². The molecule has 6 heteroatoms. The molecule has 0 bridgehead atoms. The van der Waals surface area contributed by atoms with Gasteiger partial charge in [-0.3, -0.25) is 9.36 Å².